The van der Waals surface area contributed by atoms with Gasteiger partial charge >= 0.3 is 0 Å². The molecule has 1 saturated carbocycles. The number of ether oxygens (including phenoxy) is 1. The van der Waals surface area contributed by atoms with Crippen molar-refractivity contribution in [1.29, 1.82) is 0 Å². The van der Waals surface area contributed by atoms with Gasteiger partial charge in [0.15, 0.2) is 0 Å². The van der Waals surface area contributed by atoms with Crippen LogP contribution in [0.3, 0.4) is 0 Å². The highest BCUT2D eigenvalue weighted by atomic mass is 16.5. The average molecular weight is 254 g/mol. The Morgan fingerprint density at radius 2 is 2.11 bits per heavy atom. The maximum Gasteiger partial charge on any atom is 0.0674 e. The molecule has 0 spiro atoms. The summed E-state index contributed by atoms with van der Waals surface area (Å²) in [5.41, 5.74) is 6.50. The average Bonchev–Trinajstić information content (AvgIpc) is 2.34. The third-order valence-electron chi connectivity index (χ3n) is 4.89. The van der Waals surface area contributed by atoms with Gasteiger partial charge in [-0.25, -0.2) is 0 Å². The van der Waals surface area contributed by atoms with E-state index in [0.717, 1.165) is 25.6 Å². The Hall–Kier alpha value is -0.120. The van der Waals surface area contributed by atoms with Crippen molar-refractivity contribution in [2.75, 3.05) is 26.2 Å². The first-order valence-electron chi connectivity index (χ1n) is 7.60. The maximum absolute atomic E-state index is 6.14. The van der Waals surface area contributed by atoms with Gasteiger partial charge in [-0.05, 0) is 44.6 Å². The van der Waals surface area contributed by atoms with Crippen LogP contribution in [0.25, 0.3) is 0 Å². The van der Waals surface area contributed by atoms with E-state index in [9.17, 15) is 0 Å². The smallest absolute Gasteiger partial charge is 0.0674 e. The van der Waals surface area contributed by atoms with Crippen LogP contribution < -0.4 is 5.73 Å². The third kappa shape index (κ3) is 3.25. The molecule has 0 aromatic carbocycles. The summed E-state index contributed by atoms with van der Waals surface area (Å²) in [6.07, 6.45) is 5.73. The zero-order valence-electron chi connectivity index (χ0n) is 12.3. The predicted octanol–water partition coefficient (Wildman–Crippen LogP) is 2.25. The minimum atomic E-state index is 0.364. The van der Waals surface area contributed by atoms with Crippen molar-refractivity contribution in [3.8, 4) is 0 Å². The Balaban J connectivity index is 2.00. The molecule has 1 heterocycles. The van der Waals surface area contributed by atoms with Gasteiger partial charge in [-0.15, -0.1) is 0 Å². The van der Waals surface area contributed by atoms with E-state index in [1.165, 1.54) is 32.2 Å². The molecule has 2 fully saturated rings. The molecular formula is C15H30N2O. The first-order valence-corrected chi connectivity index (χ1v) is 7.60. The molecule has 0 aromatic rings. The van der Waals surface area contributed by atoms with Gasteiger partial charge in [-0.2, -0.15) is 0 Å². The van der Waals surface area contributed by atoms with Crippen LogP contribution in [0, 0.1) is 11.3 Å². The maximum atomic E-state index is 6.14. The SMILES string of the molecule is CC1CCCC(CN)(CN2CC(C)OCC2C)C1. The van der Waals surface area contributed by atoms with Crippen LogP contribution in [0.15, 0.2) is 0 Å². The minimum Gasteiger partial charge on any atom is -0.376 e. The molecule has 2 rings (SSSR count). The van der Waals surface area contributed by atoms with E-state index >= 15 is 0 Å². The molecule has 2 aliphatic rings. The summed E-state index contributed by atoms with van der Waals surface area (Å²) in [4.78, 5) is 2.61. The van der Waals surface area contributed by atoms with Crippen LogP contribution in [0.2, 0.25) is 0 Å². The summed E-state index contributed by atoms with van der Waals surface area (Å²) in [7, 11) is 0. The fourth-order valence-corrected chi connectivity index (χ4v) is 3.79. The number of nitrogens with zero attached hydrogens (tertiary/aromatic N) is 1. The molecule has 0 radical (unpaired) electrons. The van der Waals surface area contributed by atoms with E-state index in [1.807, 2.05) is 0 Å². The summed E-state index contributed by atoms with van der Waals surface area (Å²) in [6, 6.07) is 0.543. The number of morpholine rings is 1. The molecule has 3 nitrogen and oxygen atoms in total. The Morgan fingerprint density at radius 3 is 2.78 bits per heavy atom. The Kier molecular flexibility index (Phi) is 4.68. The van der Waals surface area contributed by atoms with Crippen LogP contribution in [-0.4, -0.2) is 43.3 Å². The van der Waals surface area contributed by atoms with Crippen LogP contribution in [0.4, 0.5) is 0 Å². The molecule has 4 unspecified atom stereocenters. The van der Waals surface area contributed by atoms with E-state index in [4.69, 9.17) is 10.5 Å². The van der Waals surface area contributed by atoms with Gasteiger partial charge in [0, 0.05) is 19.1 Å². The monoisotopic (exact) mass is 254 g/mol. The molecule has 1 saturated heterocycles. The second-order valence-corrected chi connectivity index (χ2v) is 6.83. The zero-order valence-corrected chi connectivity index (χ0v) is 12.3. The summed E-state index contributed by atoms with van der Waals surface area (Å²) < 4.78 is 5.72. The van der Waals surface area contributed by atoms with Crippen molar-refractivity contribution >= 4 is 0 Å². The van der Waals surface area contributed by atoms with Crippen LogP contribution in [0.5, 0.6) is 0 Å². The first kappa shape index (κ1) is 14.3. The van der Waals surface area contributed by atoms with E-state index < -0.39 is 0 Å². The van der Waals surface area contributed by atoms with Crippen molar-refractivity contribution in [2.45, 2.75) is 58.6 Å². The number of hydrogen-bond donors (Lipinski definition) is 1. The number of hydrogen-bond acceptors (Lipinski definition) is 3. The summed E-state index contributed by atoms with van der Waals surface area (Å²) in [5, 5.41) is 0. The summed E-state index contributed by atoms with van der Waals surface area (Å²) in [5.74, 6) is 0.844. The molecular weight excluding hydrogens is 224 g/mol. The van der Waals surface area contributed by atoms with E-state index in [2.05, 4.69) is 25.7 Å². The van der Waals surface area contributed by atoms with Crippen LogP contribution in [-0.2, 0) is 4.74 Å². The van der Waals surface area contributed by atoms with Crippen molar-refractivity contribution in [1.82, 2.24) is 4.90 Å². The Morgan fingerprint density at radius 1 is 1.33 bits per heavy atom. The third-order valence-corrected chi connectivity index (χ3v) is 4.89. The second-order valence-electron chi connectivity index (χ2n) is 6.83. The van der Waals surface area contributed by atoms with Crippen molar-refractivity contribution in [3.63, 3.8) is 0 Å². The van der Waals surface area contributed by atoms with E-state index in [1.54, 1.807) is 0 Å². The van der Waals surface area contributed by atoms with Gasteiger partial charge < -0.3 is 10.5 Å². The lowest BCUT2D eigenvalue weighted by molar-refractivity contribution is -0.0679. The minimum absolute atomic E-state index is 0.364. The largest absolute Gasteiger partial charge is 0.376 e. The van der Waals surface area contributed by atoms with Gasteiger partial charge in [-0.3, -0.25) is 4.90 Å². The molecule has 1 aliphatic carbocycles. The number of nitrogens with two attached hydrogens (primary N) is 1. The molecule has 0 aromatic heterocycles. The molecule has 0 amide bonds. The van der Waals surface area contributed by atoms with Crippen molar-refractivity contribution < 1.29 is 4.74 Å². The summed E-state index contributed by atoms with van der Waals surface area (Å²) >= 11 is 0. The first-order chi connectivity index (χ1) is 8.54. The Labute approximate surface area is 112 Å². The molecule has 4 atom stereocenters. The lowest BCUT2D eigenvalue weighted by Crippen LogP contribution is -2.53. The zero-order chi connectivity index (χ0) is 13.2. The summed E-state index contributed by atoms with van der Waals surface area (Å²) in [6.45, 7) is 10.8. The highest BCUT2D eigenvalue weighted by molar-refractivity contribution is 4.91. The van der Waals surface area contributed by atoms with Gasteiger partial charge in [0.1, 0.15) is 0 Å². The second kappa shape index (κ2) is 5.89. The van der Waals surface area contributed by atoms with Crippen LogP contribution in [0.1, 0.15) is 46.5 Å². The predicted molar refractivity (Wildman–Crippen MR) is 75.6 cm³/mol. The van der Waals surface area contributed by atoms with Crippen LogP contribution >= 0.6 is 0 Å². The van der Waals surface area contributed by atoms with Crippen molar-refractivity contribution in [3.05, 3.63) is 0 Å². The van der Waals surface area contributed by atoms with Gasteiger partial charge in [0.25, 0.3) is 0 Å². The Bertz CT molecular complexity index is 271. The fourth-order valence-electron chi connectivity index (χ4n) is 3.79. The highest BCUT2D eigenvalue weighted by Gasteiger charge is 2.37. The fraction of sp³-hybridized carbons (Fsp3) is 1.00. The normalized spacial score (nSPS) is 43.0. The highest BCUT2D eigenvalue weighted by Crippen LogP contribution is 2.39. The molecule has 2 N–H and O–H groups in total. The van der Waals surface area contributed by atoms with Gasteiger partial charge in [0.2, 0.25) is 0 Å². The van der Waals surface area contributed by atoms with Gasteiger partial charge in [-0.1, -0.05) is 19.8 Å². The number of rotatable bonds is 3. The lowest BCUT2D eigenvalue weighted by atomic mass is 9.69. The molecule has 0 bridgehead atoms. The van der Waals surface area contributed by atoms with Crippen molar-refractivity contribution in [2.24, 2.45) is 17.1 Å². The quantitative estimate of drug-likeness (QED) is 0.839. The molecule has 3 heteroatoms. The van der Waals surface area contributed by atoms with Gasteiger partial charge in [0.05, 0.1) is 12.7 Å². The van der Waals surface area contributed by atoms with E-state index in [-0.39, 0.29) is 0 Å². The molecule has 106 valence electrons. The lowest BCUT2D eigenvalue weighted by Gasteiger charge is -2.46. The topological polar surface area (TPSA) is 38.5 Å². The molecule has 1 aliphatic heterocycles. The molecule has 18 heavy (non-hydrogen) atoms. The standard InChI is InChI=1S/C15H30N2O/c1-12-5-4-6-15(7-12,10-16)11-17-8-14(3)18-9-13(17)2/h12-14H,4-11,16H2,1-3H3. The van der Waals surface area contributed by atoms with E-state index in [0.29, 0.717) is 17.6 Å².